The van der Waals surface area contributed by atoms with Crippen LogP contribution in [0, 0.1) is 0 Å². The molecule has 3 rings (SSSR count). The predicted molar refractivity (Wildman–Crippen MR) is 101 cm³/mol. The van der Waals surface area contributed by atoms with E-state index in [1.54, 1.807) is 4.90 Å². The molecule has 1 saturated carbocycles. The number of ether oxygens (including phenoxy) is 2. The van der Waals surface area contributed by atoms with Crippen LogP contribution in [0.5, 0.6) is 5.75 Å². The van der Waals surface area contributed by atoms with E-state index in [2.05, 4.69) is 4.72 Å². The van der Waals surface area contributed by atoms with Gasteiger partial charge in [0.2, 0.25) is 10.0 Å². The summed E-state index contributed by atoms with van der Waals surface area (Å²) >= 11 is 1.45. The average Bonchev–Trinajstić information content (AvgIpc) is 3.49. The van der Waals surface area contributed by atoms with Crippen molar-refractivity contribution >= 4 is 33.7 Å². The molecule has 0 unspecified atom stereocenters. The summed E-state index contributed by atoms with van der Waals surface area (Å²) in [5.41, 5.74) is 0.238. The van der Waals surface area contributed by atoms with E-state index in [0.717, 1.165) is 12.8 Å². The van der Waals surface area contributed by atoms with Gasteiger partial charge in [-0.15, -0.1) is 11.8 Å². The minimum absolute atomic E-state index is 0.0565. The topological polar surface area (TPSA) is 102 Å². The van der Waals surface area contributed by atoms with Crippen molar-refractivity contribution in [1.82, 2.24) is 9.62 Å². The number of hydrogen-bond donors (Lipinski definition) is 1. The van der Waals surface area contributed by atoms with Crippen LogP contribution in [0.3, 0.4) is 0 Å². The van der Waals surface area contributed by atoms with E-state index in [9.17, 15) is 18.0 Å². The van der Waals surface area contributed by atoms with Crippen LogP contribution in [-0.2, 0) is 19.6 Å². The third kappa shape index (κ3) is 4.56. The molecule has 1 saturated heterocycles. The highest BCUT2D eigenvalue weighted by Crippen LogP contribution is 2.29. The van der Waals surface area contributed by atoms with Crippen molar-refractivity contribution in [2.75, 3.05) is 33.1 Å². The largest absolute Gasteiger partial charge is 0.495 e. The monoisotopic (exact) mass is 414 g/mol. The average molecular weight is 415 g/mol. The Morgan fingerprint density at radius 3 is 2.63 bits per heavy atom. The number of esters is 1. The van der Waals surface area contributed by atoms with Crippen molar-refractivity contribution in [3.05, 3.63) is 23.8 Å². The molecule has 0 bridgehead atoms. The molecule has 1 N–H and O–H groups in total. The standard InChI is InChI=1S/C17H22N2O6S2/c1-24-13-6-3-11(9-15(13)27(22,23)18-12-4-5-12)16(20)19-7-8-26-14(10-19)17(21)25-2/h3,6,9,12,14,18H,4-5,7-8,10H2,1-2H3/t14-/m0/s1. The molecule has 8 nitrogen and oxygen atoms in total. The molecule has 27 heavy (non-hydrogen) atoms. The molecule has 2 aliphatic rings. The van der Waals surface area contributed by atoms with Gasteiger partial charge in [-0.2, -0.15) is 0 Å². The van der Waals surface area contributed by atoms with E-state index in [4.69, 9.17) is 9.47 Å². The van der Waals surface area contributed by atoms with Crippen LogP contribution in [-0.4, -0.2) is 69.5 Å². The van der Waals surface area contributed by atoms with Gasteiger partial charge in [-0.25, -0.2) is 13.1 Å². The maximum Gasteiger partial charge on any atom is 0.320 e. The molecule has 1 atom stereocenters. The third-order valence-electron chi connectivity index (χ3n) is 4.42. The van der Waals surface area contributed by atoms with E-state index >= 15 is 0 Å². The minimum Gasteiger partial charge on any atom is -0.495 e. The summed E-state index contributed by atoms with van der Waals surface area (Å²) in [6.45, 7) is 0.704. The molecule has 1 aromatic rings. The maximum atomic E-state index is 12.9. The van der Waals surface area contributed by atoms with Crippen molar-refractivity contribution < 1.29 is 27.5 Å². The molecule has 1 aromatic carbocycles. The van der Waals surface area contributed by atoms with Gasteiger partial charge >= 0.3 is 5.97 Å². The fourth-order valence-corrected chi connectivity index (χ4v) is 5.42. The van der Waals surface area contributed by atoms with Gasteiger partial charge in [-0.3, -0.25) is 9.59 Å². The number of benzene rings is 1. The number of rotatable bonds is 6. The number of nitrogens with zero attached hydrogens (tertiary/aromatic N) is 1. The molecule has 10 heteroatoms. The van der Waals surface area contributed by atoms with Gasteiger partial charge in [0.15, 0.2) is 0 Å². The van der Waals surface area contributed by atoms with Crippen LogP contribution in [0.15, 0.2) is 23.1 Å². The highest BCUT2D eigenvalue weighted by atomic mass is 32.2. The SMILES string of the molecule is COC(=O)[C@@H]1CN(C(=O)c2ccc(OC)c(S(=O)(=O)NC3CC3)c2)CCS1. The van der Waals surface area contributed by atoms with Gasteiger partial charge in [0.05, 0.1) is 14.2 Å². The van der Waals surface area contributed by atoms with Crippen LogP contribution < -0.4 is 9.46 Å². The lowest BCUT2D eigenvalue weighted by atomic mass is 10.2. The van der Waals surface area contributed by atoms with Gasteiger partial charge in [0, 0.05) is 30.4 Å². The lowest BCUT2D eigenvalue weighted by molar-refractivity contribution is -0.140. The fourth-order valence-electron chi connectivity index (χ4n) is 2.79. The van der Waals surface area contributed by atoms with E-state index < -0.39 is 15.3 Å². The molecule has 1 heterocycles. The second kappa shape index (κ2) is 8.07. The van der Waals surface area contributed by atoms with E-state index in [-0.39, 0.29) is 40.7 Å². The van der Waals surface area contributed by atoms with Crippen molar-refractivity contribution in [2.24, 2.45) is 0 Å². The minimum atomic E-state index is -3.78. The van der Waals surface area contributed by atoms with Gasteiger partial charge < -0.3 is 14.4 Å². The van der Waals surface area contributed by atoms with Gasteiger partial charge in [0.25, 0.3) is 5.91 Å². The number of amides is 1. The zero-order chi connectivity index (χ0) is 19.6. The number of thioether (sulfide) groups is 1. The second-order valence-corrected chi connectivity index (χ2v) is 9.39. The Labute approximate surface area is 162 Å². The molecule has 1 amide bonds. The summed E-state index contributed by atoms with van der Waals surface area (Å²) < 4.78 is 37.8. The summed E-state index contributed by atoms with van der Waals surface area (Å²) in [5.74, 6) is 0.0935. The lowest BCUT2D eigenvalue weighted by Crippen LogP contribution is -2.45. The number of methoxy groups -OCH3 is 2. The number of carbonyl (C=O) groups excluding carboxylic acids is 2. The third-order valence-corrected chi connectivity index (χ3v) is 7.12. The molecule has 148 valence electrons. The van der Waals surface area contributed by atoms with Gasteiger partial charge in [-0.1, -0.05) is 0 Å². The van der Waals surface area contributed by atoms with Crippen LogP contribution in [0.25, 0.3) is 0 Å². The Balaban J connectivity index is 1.84. The van der Waals surface area contributed by atoms with Gasteiger partial charge in [-0.05, 0) is 31.0 Å². The van der Waals surface area contributed by atoms with E-state index in [1.807, 2.05) is 0 Å². The van der Waals surface area contributed by atoms with Crippen molar-refractivity contribution in [2.45, 2.75) is 29.0 Å². The summed E-state index contributed by atoms with van der Waals surface area (Å²) in [7, 11) is -1.08. The molecule has 0 spiro atoms. The first-order valence-corrected chi connectivity index (χ1v) is 11.1. The van der Waals surface area contributed by atoms with Crippen molar-refractivity contribution in [3.8, 4) is 5.75 Å². The maximum absolute atomic E-state index is 12.9. The fraction of sp³-hybridized carbons (Fsp3) is 0.529. The smallest absolute Gasteiger partial charge is 0.320 e. The van der Waals surface area contributed by atoms with E-state index in [0.29, 0.717) is 12.3 Å². The molecule has 1 aliphatic heterocycles. The Morgan fingerprint density at radius 1 is 1.26 bits per heavy atom. The predicted octanol–water partition coefficient (Wildman–Crippen LogP) is 0.867. The van der Waals surface area contributed by atoms with Crippen molar-refractivity contribution in [1.29, 1.82) is 0 Å². The van der Waals surface area contributed by atoms with Crippen molar-refractivity contribution in [3.63, 3.8) is 0 Å². The molecule has 0 aromatic heterocycles. The van der Waals surface area contributed by atoms with Crippen LogP contribution in [0.4, 0.5) is 0 Å². The summed E-state index contributed by atoms with van der Waals surface area (Å²) in [4.78, 5) is 26.1. The zero-order valence-corrected chi connectivity index (χ0v) is 16.8. The van der Waals surface area contributed by atoms with Crippen LogP contribution >= 0.6 is 11.8 Å². The summed E-state index contributed by atoms with van der Waals surface area (Å²) in [6, 6.07) is 4.29. The number of carbonyl (C=O) groups is 2. The summed E-state index contributed by atoms with van der Waals surface area (Å²) in [6.07, 6.45) is 1.61. The first-order chi connectivity index (χ1) is 12.9. The quantitative estimate of drug-likeness (QED) is 0.689. The Morgan fingerprint density at radius 2 is 2.00 bits per heavy atom. The second-order valence-electron chi connectivity index (χ2n) is 6.39. The molecule has 1 aliphatic carbocycles. The first-order valence-electron chi connectivity index (χ1n) is 8.55. The van der Waals surface area contributed by atoms with Crippen LogP contribution in [0.2, 0.25) is 0 Å². The summed E-state index contributed by atoms with van der Waals surface area (Å²) in [5, 5.41) is -0.439. The first kappa shape index (κ1) is 20.0. The molecular formula is C17H22N2O6S2. The zero-order valence-electron chi connectivity index (χ0n) is 15.1. The number of hydrogen-bond acceptors (Lipinski definition) is 7. The highest BCUT2D eigenvalue weighted by molar-refractivity contribution is 8.00. The van der Waals surface area contributed by atoms with E-state index in [1.165, 1.54) is 44.2 Å². The normalized spacial score (nSPS) is 20.2. The lowest BCUT2D eigenvalue weighted by Gasteiger charge is -2.31. The molecular weight excluding hydrogens is 392 g/mol. The highest BCUT2D eigenvalue weighted by Gasteiger charge is 2.33. The van der Waals surface area contributed by atoms with Gasteiger partial charge in [0.1, 0.15) is 15.9 Å². The Hall–Kier alpha value is -1.78. The van der Waals surface area contributed by atoms with Crippen LogP contribution in [0.1, 0.15) is 23.2 Å². The number of nitrogens with one attached hydrogen (secondary N) is 1. The Bertz CT molecular complexity index is 838. The number of sulfonamides is 1. The molecule has 2 fully saturated rings. The Kier molecular flexibility index (Phi) is 5.97. The molecule has 0 radical (unpaired) electrons.